The first kappa shape index (κ1) is 37.3. The summed E-state index contributed by atoms with van der Waals surface area (Å²) in [5.74, 6) is -0.952. The third kappa shape index (κ3) is 11.0. The van der Waals surface area contributed by atoms with Crippen molar-refractivity contribution in [1.82, 2.24) is 4.98 Å². The number of aliphatic hydroxyl groups excluding tert-OH is 1. The van der Waals surface area contributed by atoms with Gasteiger partial charge in [0.05, 0.1) is 43.2 Å². The summed E-state index contributed by atoms with van der Waals surface area (Å²) >= 11 is 7.51. The topological polar surface area (TPSA) is 138 Å². The van der Waals surface area contributed by atoms with Gasteiger partial charge in [0.25, 0.3) is 0 Å². The molecule has 4 rings (SSSR count). The molecule has 3 aromatic carbocycles. The maximum atomic E-state index is 11.8. The predicted octanol–water partition coefficient (Wildman–Crippen LogP) is 5.79. The number of benzene rings is 3. The van der Waals surface area contributed by atoms with Gasteiger partial charge in [-0.25, -0.2) is 14.0 Å². The molecular formula is C32H32ClMgNO9S2. The van der Waals surface area contributed by atoms with Crippen LogP contribution in [0.1, 0.15) is 43.0 Å². The molecule has 1 aromatic heterocycles. The van der Waals surface area contributed by atoms with Gasteiger partial charge in [0.1, 0.15) is 5.75 Å². The Balaban J connectivity index is 0.00000384. The van der Waals surface area contributed by atoms with E-state index in [1.807, 2.05) is 66.7 Å². The zero-order valence-corrected chi connectivity index (χ0v) is 28.8. The van der Waals surface area contributed by atoms with Crippen LogP contribution in [0, 0.1) is 0 Å². The molecule has 0 fully saturated rings. The molecular weight excluding hydrogens is 666 g/mol. The Hall–Kier alpha value is -3.17. The molecule has 0 aliphatic heterocycles. The van der Waals surface area contributed by atoms with Crippen LogP contribution in [-0.4, -0.2) is 80.1 Å². The first-order chi connectivity index (χ1) is 21.6. The minimum atomic E-state index is -4.46. The smallest absolute Gasteiger partial charge is 1.00 e. The summed E-state index contributed by atoms with van der Waals surface area (Å²) in [6.45, 7) is -0.701. The number of thioether (sulfide) groups is 1. The van der Waals surface area contributed by atoms with Crippen LogP contribution in [-0.2, 0) is 33.1 Å². The maximum Gasteiger partial charge on any atom is 2.00 e. The molecule has 1 N–H and O–H groups in total. The number of pyridine rings is 1. The molecule has 0 bridgehead atoms. The number of nitrogens with zero attached hydrogens (tertiary/aromatic N) is 1. The molecule has 0 spiro atoms. The number of carbonyl (C=O) groups is 2. The zero-order valence-electron chi connectivity index (χ0n) is 27.0. The van der Waals surface area contributed by atoms with E-state index in [0.717, 1.165) is 34.8 Å². The van der Waals surface area contributed by atoms with E-state index in [2.05, 4.69) is 13.4 Å². The van der Waals surface area contributed by atoms with E-state index in [1.165, 1.54) is 24.9 Å². The average Bonchev–Trinajstić information content (AvgIpc) is 3.04. The molecule has 10 nitrogen and oxygen atoms in total. The number of methoxy groups -OCH3 is 1. The van der Waals surface area contributed by atoms with Crippen molar-refractivity contribution in [1.29, 1.82) is 0 Å². The van der Waals surface area contributed by atoms with Crippen LogP contribution in [0.3, 0.4) is 0 Å². The number of ether oxygens (including phenoxy) is 2. The first-order valence-electron chi connectivity index (χ1n) is 13.5. The molecule has 0 saturated heterocycles. The van der Waals surface area contributed by atoms with Crippen LogP contribution in [0.2, 0.25) is 5.02 Å². The zero-order chi connectivity index (χ0) is 32.4. The van der Waals surface area contributed by atoms with Gasteiger partial charge < -0.3 is 21.6 Å². The molecule has 0 radical (unpaired) electrons. The van der Waals surface area contributed by atoms with E-state index in [9.17, 15) is 23.1 Å². The summed E-state index contributed by atoms with van der Waals surface area (Å²) < 4.78 is 41.1. The normalized spacial score (nSPS) is 12.7. The number of halogens is 1. The third-order valence-electron chi connectivity index (χ3n) is 6.43. The van der Waals surface area contributed by atoms with Crippen LogP contribution < -0.4 is 4.74 Å². The van der Waals surface area contributed by atoms with E-state index >= 15 is 0 Å². The van der Waals surface area contributed by atoms with Gasteiger partial charge in [-0.15, -0.1) is 0 Å². The molecule has 2 atom stereocenters. The fraction of sp³-hybridized carbons (Fsp3) is 0.219. The largest absolute Gasteiger partial charge is 2.00 e. The minimum absolute atomic E-state index is 0. The van der Waals surface area contributed by atoms with Crippen molar-refractivity contribution in [2.24, 2.45) is 0 Å². The maximum absolute atomic E-state index is 11.8. The Bertz CT molecular complexity index is 1820. The van der Waals surface area contributed by atoms with Gasteiger partial charge in [-0.05, 0) is 53.1 Å². The van der Waals surface area contributed by atoms with Gasteiger partial charge in [-0.3, -0.25) is 4.79 Å². The molecule has 0 saturated carbocycles. The quantitative estimate of drug-likeness (QED) is 0.127. The molecule has 0 aliphatic rings. The van der Waals surface area contributed by atoms with E-state index in [0.29, 0.717) is 16.3 Å². The Kier molecular flexibility index (Phi) is 14.3. The number of carbonyl (C=O) groups excluding carboxylic acids is 2. The molecule has 14 heteroatoms. The van der Waals surface area contributed by atoms with E-state index < -0.39 is 34.3 Å². The van der Waals surface area contributed by atoms with Crippen LogP contribution in [0.4, 0.5) is 0 Å². The van der Waals surface area contributed by atoms with Crippen LogP contribution >= 0.6 is 23.4 Å². The molecule has 2 unspecified atom stereocenters. The fourth-order valence-corrected chi connectivity index (χ4v) is 5.97. The van der Waals surface area contributed by atoms with Crippen molar-refractivity contribution in [3.8, 4) is 5.75 Å². The number of hydrogen-bond acceptors (Lipinski definition) is 11. The Morgan fingerprint density at radius 1 is 0.978 bits per heavy atom. The summed E-state index contributed by atoms with van der Waals surface area (Å²) in [6, 6.07) is 23.5. The summed E-state index contributed by atoms with van der Waals surface area (Å²) in [4.78, 5) is 28.3. The van der Waals surface area contributed by atoms with Crippen LogP contribution in [0.15, 0.2) is 78.9 Å². The SMILES string of the molecule is COC(=O)CCSC(c1cccc(C=Cc2ccc3ccc(Cl)cc3n2)c1)C(O)c1cccc(OCC(=O)OS(=O)(=O)OC)c1.[H-].[H-].[Mg+2]. The second-order valence-corrected chi connectivity index (χ2v) is 12.5. The number of rotatable bonds is 14. The predicted molar refractivity (Wildman–Crippen MR) is 181 cm³/mol. The fourth-order valence-electron chi connectivity index (χ4n) is 4.24. The number of aromatic nitrogens is 1. The van der Waals surface area contributed by atoms with Gasteiger partial charge in [-0.1, -0.05) is 66.2 Å². The Labute approximate surface area is 295 Å². The van der Waals surface area contributed by atoms with E-state index in [1.54, 1.807) is 18.2 Å². The number of hydrogen-bond donors (Lipinski definition) is 1. The van der Waals surface area contributed by atoms with Crippen LogP contribution in [0.5, 0.6) is 5.75 Å². The number of aliphatic hydroxyl groups is 1. The average molecular weight is 698 g/mol. The van der Waals surface area contributed by atoms with Gasteiger partial charge in [0, 0.05) is 16.2 Å². The van der Waals surface area contributed by atoms with Crippen molar-refractivity contribution in [2.45, 2.75) is 17.8 Å². The summed E-state index contributed by atoms with van der Waals surface area (Å²) in [6.07, 6.45) is 2.90. The second kappa shape index (κ2) is 17.7. The van der Waals surface area contributed by atoms with Crippen molar-refractivity contribution in [2.75, 3.05) is 26.6 Å². The van der Waals surface area contributed by atoms with E-state index in [4.69, 9.17) is 21.1 Å². The van der Waals surface area contributed by atoms with E-state index in [-0.39, 0.29) is 44.0 Å². The van der Waals surface area contributed by atoms with Gasteiger partial charge in [0.15, 0.2) is 6.61 Å². The van der Waals surface area contributed by atoms with Crippen molar-refractivity contribution < 1.29 is 43.8 Å². The molecule has 46 heavy (non-hydrogen) atoms. The van der Waals surface area contributed by atoms with Crippen molar-refractivity contribution in [3.05, 3.63) is 106 Å². The van der Waals surface area contributed by atoms with Crippen molar-refractivity contribution in [3.63, 3.8) is 0 Å². The standard InChI is InChI=1S/C32H30ClNO9S2.Mg.2H/c1-40-29(35)15-16-44-32(31(37)23-6-4-8-27(18-23)42-20-30(36)43-45(38,39)41-2)24-7-3-5-21(17-24)9-13-26-14-11-22-10-12-25(33)19-28(22)34-26;;;/h3-14,17-19,31-32,37H,15-16,20H2,1-2H3;;;/q;+2;2*-1. The number of fused-ring (bicyclic) bond motifs is 1. The third-order valence-corrected chi connectivity index (χ3v) is 8.80. The molecule has 0 amide bonds. The van der Waals surface area contributed by atoms with Crippen molar-refractivity contribution >= 4 is 91.8 Å². The Morgan fingerprint density at radius 2 is 1.72 bits per heavy atom. The Morgan fingerprint density at radius 3 is 2.48 bits per heavy atom. The second-order valence-electron chi connectivity index (χ2n) is 9.53. The summed E-state index contributed by atoms with van der Waals surface area (Å²) in [5.41, 5.74) is 3.68. The van der Waals surface area contributed by atoms with Gasteiger partial charge in [-0.2, -0.15) is 20.2 Å². The molecule has 1 heterocycles. The summed E-state index contributed by atoms with van der Waals surface area (Å²) in [5, 5.41) is 12.6. The minimum Gasteiger partial charge on any atom is -1.00 e. The molecule has 240 valence electrons. The number of esters is 1. The van der Waals surface area contributed by atoms with Gasteiger partial charge in [0.2, 0.25) is 0 Å². The summed E-state index contributed by atoms with van der Waals surface area (Å²) in [7, 11) is -2.28. The molecule has 4 aromatic rings. The monoisotopic (exact) mass is 697 g/mol. The van der Waals surface area contributed by atoms with Crippen LogP contribution in [0.25, 0.3) is 23.1 Å². The molecule has 0 aliphatic carbocycles. The van der Waals surface area contributed by atoms with Gasteiger partial charge >= 0.3 is 45.4 Å². The first-order valence-corrected chi connectivity index (χ1v) is 16.3.